The number of halogens is 1. The van der Waals surface area contributed by atoms with Crippen LogP contribution in [0.4, 0.5) is 9.18 Å². The number of carbonyl (C=O) groups excluding carboxylic acids is 4. The van der Waals surface area contributed by atoms with Crippen molar-refractivity contribution in [1.29, 1.82) is 0 Å². The third-order valence-corrected chi connectivity index (χ3v) is 4.89. The lowest BCUT2D eigenvalue weighted by molar-refractivity contribution is -0.153. The van der Waals surface area contributed by atoms with Crippen LogP contribution in [0.1, 0.15) is 32.3 Å². The molecular weight excluding hydrogens is 369 g/mol. The van der Waals surface area contributed by atoms with E-state index in [0.717, 1.165) is 4.90 Å². The first-order valence-corrected chi connectivity index (χ1v) is 9.01. The van der Waals surface area contributed by atoms with E-state index in [1.165, 1.54) is 18.0 Å². The molecule has 0 aromatic heterocycles. The SMILES string of the molecule is CCC1(CC)NC(=O)N(CC(=O)OCC(=O)N(C)Cc2ccccc2F)C1=O. The van der Waals surface area contributed by atoms with Crippen molar-refractivity contribution in [2.24, 2.45) is 0 Å². The van der Waals surface area contributed by atoms with Crippen LogP contribution in [-0.2, 0) is 25.7 Å². The van der Waals surface area contributed by atoms with Gasteiger partial charge >= 0.3 is 12.0 Å². The number of rotatable bonds is 8. The second-order valence-corrected chi connectivity index (χ2v) is 6.61. The smallest absolute Gasteiger partial charge is 0.326 e. The quantitative estimate of drug-likeness (QED) is 0.533. The Balaban J connectivity index is 1.87. The average molecular weight is 393 g/mol. The number of imide groups is 1. The molecule has 0 saturated carbocycles. The van der Waals surface area contributed by atoms with Crippen LogP contribution in [0.25, 0.3) is 0 Å². The van der Waals surface area contributed by atoms with E-state index >= 15 is 0 Å². The Morgan fingerprint density at radius 3 is 2.43 bits per heavy atom. The molecule has 8 nitrogen and oxygen atoms in total. The summed E-state index contributed by atoms with van der Waals surface area (Å²) in [6, 6.07) is 5.38. The highest BCUT2D eigenvalue weighted by molar-refractivity contribution is 6.08. The fourth-order valence-electron chi connectivity index (χ4n) is 2.95. The second kappa shape index (κ2) is 8.81. The van der Waals surface area contributed by atoms with Crippen LogP contribution >= 0.6 is 0 Å². The van der Waals surface area contributed by atoms with Gasteiger partial charge in [0.1, 0.15) is 17.9 Å². The lowest BCUT2D eigenvalue weighted by Gasteiger charge is -2.23. The average Bonchev–Trinajstić information content (AvgIpc) is 2.92. The fraction of sp³-hybridized carbons (Fsp3) is 0.474. The topological polar surface area (TPSA) is 96.0 Å². The highest BCUT2D eigenvalue weighted by Gasteiger charge is 2.49. The minimum absolute atomic E-state index is 0.0194. The van der Waals surface area contributed by atoms with Crippen molar-refractivity contribution < 1.29 is 28.3 Å². The number of urea groups is 1. The minimum atomic E-state index is -1.01. The number of amides is 4. The van der Waals surface area contributed by atoms with Gasteiger partial charge in [0.05, 0.1) is 0 Å². The van der Waals surface area contributed by atoms with Gasteiger partial charge in [0.25, 0.3) is 11.8 Å². The number of hydrogen-bond acceptors (Lipinski definition) is 5. The van der Waals surface area contributed by atoms with Crippen LogP contribution in [-0.4, -0.2) is 59.4 Å². The Kier molecular flexibility index (Phi) is 6.71. The van der Waals surface area contributed by atoms with Gasteiger partial charge in [-0.05, 0) is 18.9 Å². The van der Waals surface area contributed by atoms with E-state index in [-0.39, 0.29) is 6.54 Å². The van der Waals surface area contributed by atoms with Crippen molar-refractivity contribution in [2.75, 3.05) is 20.2 Å². The number of carbonyl (C=O) groups is 4. The highest BCUT2D eigenvalue weighted by Crippen LogP contribution is 2.24. The van der Waals surface area contributed by atoms with Crippen LogP contribution in [0.15, 0.2) is 24.3 Å². The molecular formula is C19H24FN3O5. The molecule has 0 unspecified atom stereocenters. The molecule has 4 amide bonds. The highest BCUT2D eigenvalue weighted by atomic mass is 19.1. The van der Waals surface area contributed by atoms with Crippen molar-refractivity contribution in [2.45, 2.75) is 38.8 Å². The molecule has 1 fully saturated rings. The zero-order valence-corrected chi connectivity index (χ0v) is 16.2. The van der Waals surface area contributed by atoms with Crippen molar-refractivity contribution >= 4 is 23.8 Å². The standard InChI is InChI=1S/C19H24FN3O5/c1-4-19(5-2)17(26)23(18(27)21-19)11-16(25)28-12-15(24)22(3)10-13-8-6-7-9-14(13)20/h6-9H,4-5,10-12H2,1-3H3,(H,21,27). The monoisotopic (exact) mass is 393 g/mol. The molecule has 9 heteroatoms. The number of nitrogens with zero attached hydrogens (tertiary/aromatic N) is 2. The normalized spacial score (nSPS) is 15.4. The Hall–Kier alpha value is -2.97. The Labute approximate surface area is 162 Å². The summed E-state index contributed by atoms with van der Waals surface area (Å²) < 4.78 is 18.5. The molecule has 1 aliphatic heterocycles. The molecule has 0 spiro atoms. The summed E-state index contributed by atoms with van der Waals surface area (Å²) in [5.41, 5.74) is -0.674. The molecule has 1 aliphatic rings. The largest absolute Gasteiger partial charge is 0.454 e. The van der Waals surface area contributed by atoms with Crippen LogP contribution in [0.2, 0.25) is 0 Å². The van der Waals surface area contributed by atoms with Crippen molar-refractivity contribution in [1.82, 2.24) is 15.1 Å². The molecule has 0 atom stereocenters. The summed E-state index contributed by atoms with van der Waals surface area (Å²) in [5, 5.41) is 2.61. The minimum Gasteiger partial charge on any atom is -0.454 e. The molecule has 0 bridgehead atoms. The maximum Gasteiger partial charge on any atom is 0.326 e. The molecule has 0 radical (unpaired) electrons. The maximum absolute atomic E-state index is 13.7. The van der Waals surface area contributed by atoms with Crippen molar-refractivity contribution in [3.63, 3.8) is 0 Å². The maximum atomic E-state index is 13.7. The number of likely N-dealkylation sites (N-methyl/N-ethyl adjacent to an activating group) is 1. The third kappa shape index (κ3) is 4.47. The van der Waals surface area contributed by atoms with E-state index in [1.54, 1.807) is 32.0 Å². The summed E-state index contributed by atoms with van der Waals surface area (Å²) in [7, 11) is 1.46. The predicted molar refractivity (Wildman–Crippen MR) is 97.4 cm³/mol. The first kappa shape index (κ1) is 21.3. The molecule has 1 N–H and O–H groups in total. The number of ether oxygens (including phenoxy) is 1. The van der Waals surface area contributed by atoms with Crippen LogP contribution in [0.3, 0.4) is 0 Å². The summed E-state index contributed by atoms with van der Waals surface area (Å²) in [5.74, 6) is -2.33. The zero-order chi connectivity index (χ0) is 20.9. The van der Waals surface area contributed by atoms with E-state index in [9.17, 15) is 23.6 Å². The molecule has 152 valence electrons. The number of esters is 1. The van der Waals surface area contributed by atoms with Gasteiger partial charge in [-0.1, -0.05) is 32.0 Å². The molecule has 1 aromatic rings. The van der Waals surface area contributed by atoms with Crippen LogP contribution in [0, 0.1) is 5.82 Å². The molecule has 28 heavy (non-hydrogen) atoms. The predicted octanol–water partition coefficient (Wildman–Crippen LogP) is 1.44. The Morgan fingerprint density at radius 2 is 1.86 bits per heavy atom. The molecule has 1 aromatic carbocycles. The second-order valence-electron chi connectivity index (χ2n) is 6.61. The summed E-state index contributed by atoms with van der Waals surface area (Å²) in [4.78, 5) is 50.5. The molecule has 1 heterocycles. The zero-order valence-electron chi connectivity index (χ0n) is 16.2. The van der Waals surface area contributed by atoms with E-state index in [4.69, 9.17) is 4.74 Å². The Bertz CT molecular complexity index is 779. The molecule has 0 aliphatic carbocycles. The van der Waals surface area contributed by atoms with Gasteiger partial charge in [0.2, 0.25) is 0 Å². The first-order chi connectivity index (χ1) is 13.2. The fourth-order valence-corrected chi connectivity index (χ4v) is 2.95. The lowest BCUT2D eigenvalue weighted by Crippen LogP contribution is -2.46. The summed E-state index contributed by atoms with van der Waals surface area (Å²) in [6.45, 7) is 2.42. The van der Waals surface area contributed by atoms with Gasteiger partial charge in [-0.25, -0.2) is 9.18 Å². The van der Waals surface area contributed by atoms with E-state index in [2.05, 4.69) is 5.32 Å². The summed E-state index contributed by atoms with van der Waals surface area (Å²) in [6.07, 6.45) is 0.803. The van der Waals surface area contributed by atoms with Gasteiger partial charge in [0, 0.05) is 19.2 Å². The van der Waals surface area contributed by atoms with Gasteiger partial charge in [-0.3, -0.25) is 19.3 Å². The van der Waals surface area contributed by atoms with Gasteiger partial charge < -0.3 is 15.0 Å². The first-order valence-electron chi connectivity index (χ1n) is 9.01. The number of hydrogen-bond donors (Lipinski definition) is 1. The van der Waals surface area contributed by atoms with Crippen LogP contribution < -0.4 is 5.32 Å². The van der Waals surface area contributed by atoms with Gasteiger partial charge in [-0.2, -0.15) is 0 Å². The third-order valence-electron chi connectivity index (χ3n) is 4.89. The number of nitrogens with one attached hydrogen (secondary N) is 1. The molecule has 2 rings (SSSR count). The van der Waals surface area contributed by atoms with E-state index in [0.29, 0.717) is 18.4 Å². The van der Waals surface area contributed by atoms with Crippen molar-refractivity contribution in [3.8, 4) is 0 Å². The molecule has 1 saturated heterocycles. The van der Waals surface area contributed by atoms with Gasteiger partial charge in [-0.15, -0.1) is 0 Å². The van der Waals surface area contributed by atoms with E-state index in [1.807, 2.05) is 0 Å². The van der Waals surface area contributed by atoms with Crippen molar-refractivity contribution in [3.05, 3.63) is 35.6 Å². The van der Waals surface area contributed by atoms with Crippen LogP contribution in [0.5, 0.6) is 0 Å². The Morgan fingerprint density at radius 1 is 1.21 bits per heavy atom. The van der Waals surface area contributed by atoms with E-state index < -0.39 is 48.3 Å². The lowest BCUT2D eigenvalue weighted by atomic mass is 9.93. The van der Waals surface area contributed by atoms with Gasteiger partial charge in [0.15, 0.2) is 6.61 Å². The number of benzene rings is 1. The summed E-state index contributed by atoms with van der Waals surface area (Å²) >= 11 is 0.